The number of nitrogens with zero attached hydrogens (tertiary/aromatic N) is 1. The van der Waals surface area contributed by atoms with Gasteiger partial charge in [0.05, 0.1) is 12.7 Å². The van der Waals surface area contributed by atoms with Crippen molar-refractivity contribution in [3.05, 3.63) is 32.6 Å². The van der Waals surface area contributed by atoms with Crippen LogP contribution in [0.2, 0.25) is 18.1 Å². The van der Waals surface area contributed by atoms with Crippen LogP contribution in [-0.4, -0.2) is 41.8 Å². The zero-order valence-corrected chi connectivity index (χ0v) is 17.0. The van der Waals surface area contributed by atoms with E-state index in [0.29, 0.717) is 12.0 Å². The highest BCUT2D eigenvalue weighted by Gasteiger charge is 2.46. The molecule has 0 spiro atoms. The second-order valence-corrected chi connectivity index (χ2v) is 12.5. The van der Waals surface area contributed by atoms with Gasteiger partial charge in [-0.25, -0.2) is 4.79 Å². The van der Waals surface area contributed by atoms with Crippen molar-refractivity contribution in [2.24, 2.45) is 0 Å². The third kappa shape index (κ3) is 3.97. The van der Waals surface area contributed by atoms with E-state index in [0.717, 1.165) is 6.42 Å². The second-order valence-electron chi connectivity index (χ2n) is 7.93. The molecule has 0 aliphatic carbocycles. The molecule has 2 rings (SSSR count). The minimum Gasteiger partial charge on any atom is -0.411 e. The number of ether oxygens (including phenoxy) is 1. The first kappa shape index (κ1) is 20.1. The topological polar surface area (TPSA) is 93.6 Å². The SMILES string of the molecule is CCC(C)(C)[Si](C)(C)O[C@H]1C[C@H](n2cc(C)c(=O)[nH]c2=O)O[C@@H]1CO. The zero-order valence-electron chi connectivity index (χ0n) is 16.0. The number of hydrogen-bond acceptors (Lipinski definition) is 5. The van der Waals surface area contributed by atoms with Crippen molar-refractivity contribution in [2.75, 3.05) is 6.61 Å². The van der Waals surface area contributed by atoms with Gasteiger partial charge in [0, 0.05) is 18.2 Å². The van der Waals surface area contributed by atoms with Crippen molar-refractivity contribution >= 4 is 8.32 Å². The summed E-state index contributed by atoms with van der Waals surface area (Å²) in [6, 6.07) is 0. The fourth-order valence-corrected chi connectivity index (χ4v) is 5.10. The molecule has 1 aliphatic heterocycles. The Kier molecular flexibility index (Phi) is 5.77. The van der Waals surface area contributed by atoms with E-state index in [1.807, 2.05) is 0 Å². The number of aliphatic hydroxyl groups is 1. The second kappa shape index (κ2) is 7.18. The summed E-state index contributed by atoms with van der Waals surface area (Å²) in [4.78, 5) is 25.9. The molecule has 2 heterocycles. The normalized spacial score (nSPS) is 24.7. The molecule has 142 valence electrons. The summed E-state index contributed by atoms with van der Waals surface area (Å²) in [6.07, 6.45) is 1.66. The summed E-state index contributed by atoms with van der Waals surface area (Å²) < 4.78 is 13.7. The largest absolute Gasteiger partial charge is 0.411 e. The predicted molar refractivity (Wildman–Crippen MR) is 98.4 cm³/mol. The number of aliphatic hydroxyl groups excluding tert-OH is 1. The first-order valence-corrected chi connectivity index (χ1v) is 11.7. The lowest BCUT2D eigenvalue weighted by Gasteiger charge is -2.41. The highest BCUT2D eigenvalue weighted by Crippen LogP contribution is 2.43. The summed E-state index contributed by atoms with van der Waals surface area (Å²) in [5, 5.41) is 9.77. The summed E-state index contributed by atoms with van der Waals surface area (Å²) in [7, 11) is -2.05. The first-order chi connectivity index (χ1) is 11.5. The van der Waals surface area contributed by atoms with Gasteiger partial charge >= 0.3 is 5.69 Å². The molecule has 25 heavy (non-hydrogen) atoms. The molecule has 7 nitrogen and oxygen atoms in total. The number of aromatic nitrogens is 2. The lowest BCUT2D eigenvalue weighted by atomic mass is 10.1. The Morgan fingerprint density at radius 1 is 1.44 bits per heavy atom. The maximum absolute atomic E-state index is 12.1. The first-order valence-electron chi connectivity index (χ1n) is 8.78. The summed E-state index contributed by atoms with van der Waals surface area (Å²) >= 11 is 0. The molecule has 3 atom stereocenters. The van der Waals surface area contributed by atoms with Gasteiger partial charge in [-0.3, -0.25) is 14.3 Å². The van der Waals surface area contributed by atoms with Crippen molar-refractivity contribution < 1.29 is 14.3 Å². The van der Waals surface area contributed by atoms with E-state index < -0.39 is 31.9 Å². The van der Waals surface area contributed by atoms with Crippen LogP contribution in [0.5, 0.6) is 0 Å². The average Bonchev–Trinajstić information content (AvgIpc) is 2.92. The minimum absolute atomic E-state index is 0.0799. The van der Waals surface area contributed by atoms with Gasteiger partial charge in [-0.2, -0.15) is 0 Å². The molecule has 0 radical (unpaired) electrons. The van der Waals surface area contributed by atoms with Crippen LogP contribution in [-0.2, 0) is 9.16 Å². The van der Waals surface area contributed by atoms with Gasteiger partial charge in [0.25, 0.3) is 5.56 Å². The standard InChI is InChI=1S/C17H30N2O5Si/c1-7-17(3,4)25(5,6)24-12-8-14(23-13(12)10-20)19-9-11(2)15(21)18-16(19)22/h9,12-14,20H,7-8,10H2,1-6H3,(H,18,21,22)/t12-,13+,14+/m0/s1. The highest BCUT2D eigenvalue weighted by molar-refractivity contribution is 6.74. The molecule has 1 aromatic heterocycles. The smallest absolute Gasteiger partial charge is 0.330 e. The third-order valence-electron chi connectivity index (χ3n) is 5.78. The van der Waals surface area contributed by atoms with E-state index in [2.05, 4.69) is 38.8 Å². The Morgan fingerprint density at radius 2 is 2.08 bits per heavy atom. The van der Waals surface area contributed by atoms with E-state index in [4.69, 9.17) is 9.16 Å². The van der Waals surface area contributed by atoms with Crippen molar-refractivity contribution in [2.45, 2.75) is 77.1 Å². The number of aryl methyl sites for hydroxylation is 1. The van der Waals surface area contributed by atoms with Crippen molar-refractivity contribution in [3.8, 4) is 0 Å². The molecular weight excluding hydrogens is 340 g/mol. The molecule has 0 saturated carbocycles. The minimum atomic E-state index is -2.05. The Balaban J connectivity index is 2.25. The van der Waals surface area contributed by atoms with Crippen LogP contribution in [0.25, 0.3) is 0 Å². The van der Waals surface area contributed by atoms with Crippen LogP contribution in [0.15, 0.2) is 15.8 Å². The monoisotopic (exact) mass is 370 g/mol. The van der Waals surface area contributed by atoms with Gasteiger partial charge in [-0.15, -0.1) is 0 Å². The van der Waals surface area contributed by atoms with Gasteiger partial charge in [-0.1, -0.05) is 27.2 Å². The number of H-pyrrole nitrogens is 1. The predicted octanol–water partition coefficient (Wildman–Crippen LogP) is 1.91. The van der Waals surface area contributed by atoms with Gasteiger partial charge in [0.1, 0.15) is 12.3 Å². The number of hydrogen-bond donors (Lipinski definition) is 2. The van der Waals surface area contributed by atoms with Gasteiger partial charge in [0.15, 0.2) is 8.32 Å². The lowest BCUT2D eigenvalue weighted by molar-refractivity contribution is -0.0440. The molecular formula is C17H30N2O5Si. The Bertz CT molecular complexity index is 724. The molecule has 1 aliphatic rings. The average molecular weight is 371 g/mol. The fourth-order valence-electron chi connectivity index (χ4n) is 2.92. The van der Waals surface area contributed by atoms with Crippen LogP contribution in [0, 0.1) is 6.92 Å². The maximum Gasteiger partial charge on any atom is 0.330 e. The van der Waals surface area contributed by atoms with Crippen molar-refractivity contribution in [3.63, 3.8) is 0 Å². The molecule has 8 heteroatoms. The Hall–Kier alpha value is -1.22. The zero-order chi connectivity index (χ0) is 19.0. The van der Waals surface area contributed by atoms with Gasteiger partial charge < -0.3 is 14.3 Å². The Morgan fingerprint density at radius 3 is 2.64 bits per heavy atom. The molecule has 1 fully saturated rings. The lowest BCUT2D eigenvalue weighted by Crippen LogP contribution is -2.47. The molecule has 2 N–H and O–H groups in total. The molecule has 0 amide bonds. The summed E-state index contributed by atoms with van der Waals surface area (Å²) in [6.45, 7) is 12.4. The van der Waals surface area contributed by atoms with Crippen LogP contribution < -0.4 is 11.2 Å². The quantitative estimate of drug-likeness (QED) is 0.746. The molecule has 0 bridgehead atoms. The van der Waals surface area contributed by atoms with E-state index in [1.165, 1.54) is 10.8 Å². The van der Waals surface area contributed by atoms with Crippen LogP contribution in [0.3, 0.4) is 0 Å². The molecule has 1 aromatic rings. The number of nitrogens with one attached hydrogen (secondary N) is 1. The fraction of sp³-hybridized carbons (Fsp3) is 0.765. The van der Waals surface area contributed by atoms with Crippen molar-refractivity contribution in [1.29, 1.82) is 0 Å². The van der Waals surface area contributed by atoms with E-state index >= 15 is 0 Å². The third-order valence-corrected chi connectivity index (χ3v) is 10.3. The molecule has 1 saturated heterocycles. The van der Waals surface area contributed by atoms with E-state index in [-0.39, 0.29) is 17.7 Å². The van der Waals surface area contributed by atoms with E-state index in [9.17, 15) is 14.7 Å². The summed E-state index contributed by atoms with van der Waals surface area (Å²) in [5.41, 5.74) is -0.470. The van der Waals surface area contributed by atoms with Crippen LogP contribution >= 0.6 is 0 Å². The number of aromatic amines is 1. The van der Waals surface area contributed by atoms with Crippen molar-refractivity contribution in [1.82, 2.24) is 9.55 Å². The summed E-state index contributed by atoms with van der Waals surface area (Å²) in [5.74, 6) is 0. The number of rotatable bonds is 6. The molecule has 0 aromatic carbocycles. The van der Waals surface area contributed by atoms with Gasteiger partial charge in [-0.05, 0) is 25.1 Å². The Labute approximate surface area is 149 Å². The highest BCUT2D eigenvalue weighted by atomic mass is 28.4. The van der Waals surface area contributed by atoms with Crippen LogP contribution in [0.1, 0.15) is 45.4 Å². The molecule has 0 unspecified atom stereocenters. The van der Waals surface area contributed by atoms with E-state index in [1.54, 1.807) is 6.92 Å². The van der Waals surface area contributed by atoms with Gasteiger partial charge in [0.2, 0.25) is 0 Å². The maximum atomic E-state index is 12.1. The van der Waals surface area contributed by atoms with Crippen LogP contribution in [0.4, 0.5) is 0 Å².